The Bertz CT molecular complexity index is 1330. The zero-order chi connectivity index (χ0) is 65.3. The van der Waals surface area contributed by atoms with E-state index in [9.17, 15) is 27.1 Å². The number of halogens is 5. The van der Waals surface area contributed by atoms with Crippen LogP contribution in [0, 0.1) is 65.0 Å². The number of hydrogen-bond acceptors (Lipinski definition) is 6. The van der Waals surface area contributed by atoms with Crippen molar-refractivity contribution < 1.29 is 50.7 Å². The number of rotatable bonds is 5. The summed E-state index contributed by atoms with van der Waals surface area (Å²) in [7, 11) is 3.22. The molecule has 0 aromatic heterocycles. The summed E-state index contributed by atoms with van der Waals surface area (Å²) in [5.74, 6) is -1.58. The van der Waals surface area contributed by atoms with Gasteiger partial charge in [-0.15, -0.1) is 13.2 Å². The Kier molecular flexibility index (Phi) is 37.4. The molecule has 0 bridgehead atoms. The average molecular weight is 1130 g/mol. The van der Waals surface area contributed by atoms with E-state index >= 15 is 0 Å². The molecule has 0 amide bonds. The summed E-state index contributed by atoms with van der Waals surface area (Å²) >= 11 is 0. The summed E-state index contributed by atoms with van der Waals surface area (Å²) in [5.41, 5.74) is -1.48. The van der Waals surface area contributed by atoms with Crippen LogP contribution in [0.25, 0.3) is 0 Å². The van der Waals surface area contributed by atoms with E-state index in [0.717, 1.165) is 13.2 Å². The second-order valence-corrected chi connectivity index (χ2v) is 36.5. The van der Waals surface area contributed by atoms with Crippen LogP contribution in [0.5, 0.6) is 0 Å². The van der Waals surface area contributed by atoms with Crippen molar-refractivity contribution in [3.63, 3.8) is 0 Å². The zero-order valence-electron chi connectivity index (χ0n) is 60.1. The lowest BCUT2D eigenvalue weighted by Crippen LogP contribution is -2.50. The summed E-state index contributed by atoms with van der Waals surface area (Å²) in [5, 5.41) is 9.72. The third kappa shape index (κ3) is 50.8. The van der Waals surface area contributed by atoms with Gasteiger partial charge in [-0.1, -0.05) is 249 Å². The summed E-state index contributed by atoms with van der Waals surface area (Å²) in [6, 6.07) is 0. The van der Waals surface area contributed by atoms with E-state index < -0.39 is 46.2 Å². The van der Waals surface area contributed by atoms with Crippen LogP contribution in [0.4, 0.5) is 22.0 Å². The molecule has 0 unspecified atom stereocenters. The highest BCUT2D eigenvalue weighted by atomic mass is 19.4. The molecule has 0 aromatic carbocycles. The predicted molar refractivity (Wildman–Crippen MR) is 328 cm³/mol. The van der Waals surface area contributed by atoms with Gasteiger partial charge >= 0.3 is 6.36 Å². The van der Waals surface area contributed by atoms with Crippen molar-refractivity contribution >= 4 is 0 Å². The molecule has 0 rings (SSSR count). The highest BCUT2D eigenvalue weighted by molar-refractivity contribution is 4.92. The maximum absolute atomic E-state index is 14.3. The molecule has 0 heterocycles. The fourth-order valence-electron chi connectivity index (χ4n) is 8.99. The first-order chi connectivity index (χ1) is 32.3. The Labute approximate surface area is 480 Å². The van der Waals surface area contributed by atoms with E-state index in [1.54, 1.807) is 48.7 Å². The standard InChI is InChI=1S/C10H19F3O.C10H21FO.C10H22O.C9H19F.3C9H20O/c1-8(2,3)7(9(4,5)6)14-10(11,12)13;1-8(2,3)10(11,12-7)9(4,5)6;1-9(2,3)8(11-7)10(4,5)6;1-8(2,3)7(10)9(4,5)6;2*1-8(2,3)7-10-9(4,5)6;1-8(2,3)7(10)9(4,5)6/h7H,1-6H3;1-7H3;8H,1-7H3;7H,1-6H3;2*7H2,1-6H3;7,10H,1-6H3. The molecule has 0 saturated carbocycles. The minimum atomic E-state index is -4.56. The number of aliphatic hydroxyl groups is 1. The zero-order valence-corrected chi connectivity index (χ0v) is 60.1. The van der Waals surface area contributed by atoms with Gasteiger partial charge in [0.25, 0.3) is 0 Å². The minimum Gasteiger partial charge on any atom is -0.392 e. The van der Waals surface area contributed by atoms with Gasteiger partial charge in [-0.05, 0) is 95.7 Å². The lowest BCUT2D eigenvalue weighted by Gasteiger charge is -2.45. The monoisotopic (exact) mass is 1130 g/mol. The maximum Gasteiger partial charge on any atom is 0.522 e. The van der Waals surface area contributed by atoms with E-state index in [2.05, 4.69) is 171 Å². The number of ether oxygens (including phenoxy) is 5. The van der Waals surface area contributed by atoms with Gasteiger partial charge in [0, 0.05) is 25.0 Å². The maximum atomic E-state index is 14.3. The van der Waals surface area contributed by atoms with Crippen LogP contribution in [-0.4, -0.2) is 80.4 Å². The van der Waals surface area contributed by atoms with Crippen LogP contribution >= 0.6 is 0 Å². The number of alkyl halides is 5. The third-order valence-electron chi connectivity index (χ3n) is 10.9. The molecule has 0 aliphatic rings. The molecule has 0 saturated heterocycles. The van der Waals surface area contributed by atoms with E-state index in [1.165, 1.54) is 7.11 Å². The molecule has 77 heavy (non-hydrogen) atoms. The molecule has 0 spiro atoms. The molecule has 11 heteroatoms. The van der Waals surface area contributed by atoms with Gasteiger partial charge < -0.3 is 24.1 Å². The molecular weight excluding hydrogens is 984 g/mol. The normalized spacial score (nSPS) is 14.4. The first-order valence-electron chi connectivity index (χ1n) is 28.4. The second kappa shape index (κ2) is 31.9. The van der Waals surface area contributed by atoms with Crippen molar-refractivity contribution in [2.75, 3.05) is 27.4 Å². The molecule has 1 N–H and O–H groups in total. The molecule has 0 atom stereocenters. The molecule has 0 aliphatic carbocycles. The van der Waals surface area contributed by atoms with Crippen molar-refractivity contribution in [1.82, 2.24) is 0 Å². The molecule has 0 aliphatic heterocycles. The smallest absolute Gasteiger partial charge is 0.392 e. The lowest BCUT2D eigenvalue weighted by molar-refractivity contribution is -0.365. The quantitative estimate of drug-likeness (QED) is 0.277. The average Bonchev–Trinajstić information content (AvgIpc) is 3.07. The number of methoxy groups -OCH3 is 2. The fraction of sp³-hybridized carbons (Fsp3) is 1.00. The second-order valence-electron chi connectivity index (χ2n) is 36.5. The van der Waals surface area contributed by atoms with Gasteiger partial charge in [-0.2, -0.15) is 0 Å². The van der Waals surface area contributed by atoms with Crippen molar-refractivity contribution in [3.8, 4) is 0 Å². The van der Waals surface area contributed by atoms with E-state index in [0.29, 0.717) is 6.10 Å². The topological polar surface area (TPSA) is 66.4 Å². The highest BCUT2D eigenvalue weighted by Crippen LogP contribution is 2.47. The Morgan fingerprint density at radius 3 is 0.584 bits per heavy atom. The molecule has 0 fully saturated rings. The Morgan fingerprint density at radius 2 is 0.558 bits per heavy atom. The van der Waals surface area contributed by atoms with Gasteiger partial charge in [-0.3, -0.25) is 4.74 Å². The van der Waals surface area contributed by atoms with Gasteiger partial charge in [0.1, 0.15) is 6.17 Å². The first kappa shape index (κ1) is 90.2. The lowest BCUT2D eigenvalue weighted by atomic mass is 9.72. The van der Waals surface area contributed by atoms with Gasteiger partial charge in [0.05, 0.1) is 42.7 Å². The van der Waals surface area contributed by atoms with E-state index in [4.69, 9.17) is 18.9 Å². The predicted octanol–water partition coefficient (Wildman–Crippen LogP) is 22.0. The SMILES string of the molecule is CC(C)(C)C(F)C(C)(C)C.CC(C)(C)C(O)C(C)(C)C.CC(C)(C)C(OC(F)(F)F)C(C)(C)C.CC(C)(C)COC(C)(C)C.CC(C)(C)COC(C)(C)C.COC(C(C)(C)C)C(C)(C)C.COC(F)(C(C)(C)C)C(C)(C)C. The highest BCUT2D eigenvalue weighted by Gasteiger charge is 2.52. The molecule has 0 aromatic rings. The van der Waals surface area contributed by atoms with Crippen LogP contribution in [0.3, 0.4) is 0 Å². The molecule has 476 valence electrons. The van der Waals surface area contributed by atoms with E-state index in [1.807, 2.05) is 83.1 Å². The van der Waals surface area contributed by atoms with Crippen LogP contribution in [-0.2, 0) is 23.7 Å². The van der Waals surface area contributed by atoms with Crippen molar-refractivity contribution in [2.45, 2.75) is 339 Å². The third-order valence-corrected chi connectivity index (χ3v) is 10.9. The summed E-state index contributed by atoms with van der Waals surface area (Å²) in [6.07, 6.45) is -6.07. The molecule has 6 nitrogen and oxygen atoms in total. The first-order valence-corrected chi connectivity index (χ1v) is 28.4. The minimum absolute atomic E-state index is 0.00174. The molecular formula is C66H141F5O6. The van der Waals surface area contributed by atoms with Gasteiger partial charge in [0.2, 0.25) is 5.85 Å². The Balaban J connectivity index is -0.000000149. The summed E-state index contributed by atoms with van der Waals surface area (Å²) < 4.78 is 90.0. The van der Waals surface area contributed by atoms with Crippen LogP contribution in [0.15, 0.2) is 0 Å². The Hall–Kier alpha value is -0.590. The fourth-order valence-corrected chi connectivity index (χ4v) is 8.99. The van der Waals surface area contributed by atoms with Crippen LogP contribution in [0.2, 0.25) is 0 Å². The summed E-state index contributed by atoms with van der Waals surface area (Å²) in [4.78, 5) is 0. The van der Waals surface area contributed by atoms with E-state index in [-0.39, 0.29) is 60.6 Å². The number of hydrogen-bond donors (Lipinski definition) is 1. The van der Waals surface area contributed by atoms with Gasteiger partial charge in [-0.25, -0.2) is 8.78 Å². The van der Waals surface area contributed by atoms with Crippen molar-refractivity contribution in [3.05, 3.63) is 0 Å². The van der Waals surface area contributed by atoms with Gasteiger partial charge in [0.15, 0.2) is 0 Å². The van der Waals surface area contributed by atoms with Crippen LogP contribution in [0.1, 0.15) is 291 Å². The Morgan fingerprint density at radius 1 is 0.338 bits per heavy atom. The molecule has 0 radical (unpaired) electrons. The largest absolute Gasteiger partial charge is 0.522 e. The number of aliphatic hydroxyl groups excluding tert-OH is 1. The van der Waals surface area contributed by atoms with Crippen molar-refractivity contribution in [1.29, 1.82) is 0 Å². The van der Waals surface area contributed by atoms with Crippen molar-refractivity contribution in [2.24, 2.45) is 65.0 Å². The summed E-state index contributed by atoms with van der Waals surface area (Å²) in [6.45, 7) is 86.0. The van der Waals surface area contributed by atoms with Crippen LogP contribution < -0.4 is 0 Å².